The molecule has 0 bridgehead atoms. The first kappa shape index (κ1) is 15.1. The minimum absolute atomic E-state index is 0.168. The van der Waals surface area contributed by atoms with Crippen molar-refractivity contribution in [1.82, 2.24) is 4.98 Å². The molecule has 5 heteroatoms. The summed E-state index contributed by atoms with van der Waals surface area (Å²) in [6.45, 7) is 6.16. The lowest BCUT2D eigenvalue weighted by Gasteiger charge is -2.21. The second-order valence-electron chi connectivity index (χ2n) is 5.21. The fraction of sp³-hybridized carbons (Fsp3) is 0.222. The Morgan fingerprint density at radius 2 is 1.87 bits per heavy atom. The van der Waals surface area contributed by atoms with E-state index in [0.29, 0.717) is 11.1 Å². The molecule has 0 aliphatic rings. The number of benzene rings is 2. The summed E-state index contributed by atoms with van der Waals surface area (Å²) >= 11 is 0. The summed E-state index contributed by atoms with van der Waals surface area (Å²) in [4.78, 5) is 18.6. The molecule has 3 aromatic rings. The van der Waals surface area contributed by atoms with Crippen LogP contribution in [0.15, 0.2) is 53.3 Å². The summed E-state index contributed by atoms with van der Waals surface area (Å²) in [5.74, 6) is -0.168. The summed E-state index contributed by atoms with van der Waals surface area (Å²) in [6, 6.07) is 13.1. The molecule has 0 fully saturated rings. The van der Waals surface area contributed by atoms with Crippen LogP contribution in [0.2, 0.25) is 0 Å². The Labute approximate surface area is 134 Å². The Bertz CT molecular complexity index is 805. The number of hydrogen-bond acceptors (Lipinski definition) is 4. The molecule has 0 atom stereocenters. The van der Waals surface area contributed by atoms with Crippen molar-refractivity contribution in [2.24, 2.45) is 0 Å². The van der Waals surface area contributed by atoms with Crippen molar-refractivity contribution in [1.29, 1.82) is 0 Å². The zero-order valence-corrected chi connectivity index (χ0v) is 13.2. The highest BCUT2D eigenvalue weighted by Crippen LogP contribution is 2.19. The van der Waals surface area contributed by atoms with Gasteiger partial charge in [0.25, 0.3) is 5.91 Å². The van der Waals surface area contributed by atoms with Gasteiger partial charge in [-0.1, -0.05) is 0 Å². The first-order valence-electron chi connectivity index (χ1n) is 7.71. The van der Waals surface area contributed by atoms with Gasteiger partial charge in [-0.3, -0.25) is 4.79 Å². The van der Waals surface area contributed by atoms with Crippen LogP contribution >= 0.6 is 0 Å². The van der Waals surface area contributed by atoms with Gasteiger partial charge < -0.3 is 14.6 Å². The molecule has 1 heterocycles. The van der Waals surface area contributed by atoms with Gasteiger partial charge in [-0.2, -0.15) is 0 Å². The highest BCUT2D eigenvalue weighted by atomic mass is 16.3. The second-order valence-corrected chi connectivity index (χ2v) is 5.21. The number of carbonyl (C=O) groups excluding carboxylic acids is 1. The molecule has 3 rings (SSSR count). The molecule has 0 saturated heterocycles. The molecular formula is C18H19N3O2. The van der Waals surface area contributed by atoms with E-state index in [4.69, 9.17) is 4.42 Å². The van der Waals surface area contributed by atoms with E-state index in [2.05, 4.69) is 29.0 Å². The molecule has 1 amide bonds. The molecule has 0 spiro atoms. The quantitative estimate of drug-likeness (QED) is 0.776. The average Bonchev–Trinajstić information content (AvgIpc) is 3.05. The lowest BCUT2D eigenvalue weighted by atomic mass is 10.2. The Morgan fingerprint density at radius 1 is 1.13 bits per heavy atom. The third-order valence-corrected chi connectivity index (χ3v) is 3.85. The van der Waals surface area contributed by atoms with Gasteiger partial charge in [-0.25, -0.2) is 4.98 Å². The monoisotopic (exact) mass is 309 g/mol. The maximum absolute atomic E-state index is 12.3. The minimum atomic E-state index is -0.168. The molecule has 0 aliphatic carbocycles. The van der Waals surface area contributed by atoms with Crippen LogP contribution in [0.5, 0.6) is 0 Å². The number of nitrogens with one attached hydrogen (secondary N) is 1. The molecular weight excluding hydrogens is 290 g/mol. The first-order valence-corrected chi connectivity index (χ1v) is 7.71. The van der Waals surface area contributed by atoms with E-state index in [9.17, 15) is 4.79 Å². The van der Waals surface area contributed by atoms with Crippen LogP contribution < -0.4 is 10.2 Å². The second kappa shape index (κ2) is 6.52. The third kappa shape index (κ3) is 3.18. The summed E-state index contributed by atoms with van der Waals surface area (Å²) < 4.78 is 5.23. The predicted octanol–water partition coefficient (Wildman–Crippen LogP) is 3.93. The van der Waals surface area contributed by atoms with E-state index in [0.717, 1.165) is 30.0 Å². The molecule has 1 aromatic heterocycles. The normalized spacial score (nSPS) is 10.7. The van der Waals surface area contributed by atoms with Gasteiger partial charge in [-0.15, -0.1) is 0 Å². The first-order chi connectivity index (χ1) is 11.2. The molecule has 2 aromatic carbocycles. The lowest BCUT2D eigenvalue weighted by Crippen LogP contribution is -2.21. The molecule has 1 N–H and O–H groups in total. The van der Waals surface area contributed by atoms with E-state index in [1.807, 2.05) is 24.3 Å². The number of nitrogens with zero attached hydrogens (tertiary/aromatic N) is 2. The Balaban J connectivity index is 1.74. The fourth-order valence-corrected chi connectivity index (χ4v) is 2.54. The predicted molar refractivity (Wildman–Crippen MR) is 92.0 cm³/mol. The van der Waals surface area contributed by atoms with E-state index < -0.39 is 0 Å². The van der Waals surface area contributed by atoms with Crippen LogP contribution in [0.1, 0.15) is 24.2 Å². The van der Waals surface area contributed by atoms with Crippen LogP contribution in [-0.4, -0.2) is 24.0 Å². The van der Waals surface area contributed by atoms with Crippen molar-refractivity contribution < 1.29 is 9.21 Å². The number of oxazole rings is 1. The van der Waals surface area contributed by atoms with Crippen molar-refractivity contribution in [2.45, 2.75) is 13.8 Å². The Kier molecular flexibility index (Phi) is 4.28. The van der Waals surface area contributed by atoms with E-state index >= 15 is 0 Å². The number of fused-ring (bicyclic) bond motifs is 1. The molecule has 0 radical (unpaired) electrons. The van der Waals surface area contributed by atoms with Crippen LogP contribution in [0.3, 0.4) is 0 Å². The maximum Gasteiger partial charge on any atom is 0.255 e. The van der Waals surface area contributed by atoms with Crippen molar-refractivity contribution in [3.05, 3.63) is 54.4 Å². The fourth-order valence-electron chi connectivity index (χ4n) is 2.54. The number of rotatable bonds is 5. The van der Waals surface area contributed by atoms with Crippen molar-refractivity contribution in [3.8, 4) is 0 Å². The minimum Gasteiger partial charge on any atom is -0.443 e. The summed E-state index contributed by atoms with van der Waals surface area (Å²) in [5, 5.41) is 2.90. The third-order valence-electron chi connectivity index (χ3n) is 3.85. The van der Waals surface area contributed by atoms with Gasteiger partial charge >= 0.3 is 0 Å². The van der Waals surface area contributed by atoms with Gasteiger partial charge in [0.2, 0.25) is 0 Å². The molecule has 0 unspecified atom stereocenters. The van der Waals surface area contributed by atoms with Gasteiger partial charge in [0.15, 0.2) is 12.0 Å². The van der Waals surface area contributed by atoms with E-state index in [1.165, 1.54) is 6.39 Å². The van der Waals surface area contributed by atoms with Crippen molar-refractivity contribution in [2.75, 3.05) is 23.3 Å². The summed E-state index contributed by atoms with van der Waals surface area (Å²) in [6.07, 6.45) is 1.37. The van der Waals surface area contributed by atoms with Crippen LogP contribution in [0.25, 0.3) is 11.1 Å². The van der Waals surface area contributed by atoms with E-state index in [1.54, 1.807) is 18.2 Å². The smallest absolute Gasteiger partial charge is 0.255 e. The highest BCUT2D eigenvalue weighted by Gasteiger charge is 2.09. The largest absolute Gasteiger partial charge is 0.443 e. The van der Waals surface area contributed by atoms with Crippen LogP contribution in [-0.2, 0) is 0 Å². The Hall–Kier alpha value is -2.82. The zero-order chi connectivity index (χ0) is 16.2. The number of anilines is 2. The molecule has 5 nitrogen and oxygen atoms in total. The Morgan fingerprint density at radius 3 is 2.57 bits per heavy atom. The summed E-state index contributed by atoms with van der Waals surface area (Å²) in [5.41, 5.74) is 3.81. The van der Waals surface area contributed by atoms with Crippen LogP contribution in [0.4, 0.5) is 11.4 Å². The molecule has 23 heavy (non-hydrogen) atoms. The highest BCUT2D eigenvalue weighted by molar-refractivity contribution is 6.05. The number of aromatic nitrogens is 1. The van der Waals surface area contributed by atoms with Gasteiger partial charge in [0, 0.05) is 30.0 Å². The van der Waals surface area contributed by atoms with Crippen molar-refractivity contribution in [3.63, 3.8) is 0 Å². The average molecular weight is 309 g/mol. The lowest BCUT2D eigenvalue weighted by molar-refractivity contribution is 0.102. The number of hydrogen-bond donors (Lipinski definition) is 1. The van der Waals surface area contributed by atoms with E-state index in [-0.39, 0.29) is 5.91 Å². The number of carbonyl (C=O) groups is 1. The summed E-state index contributed by atoms with van der Waals surface area (Å²) in [7, 11) is 0. The molecule has 118 valence electrons. The SMILES string of the molecule is CCN(CC)c1ccc(NC(=O)c2ccc3ncoc3c2)cc1. The standard InChI is InChI=1S/C18H19N3O2/c1-3-21(4-2)15-8-6-14(7-9-15)20-18(22)13-5-10-16-17(11-13)23-12-19-16/h5-12H,3-4H2,1-2H3,(H,20,22). The van der Waals surface area contributed by atoms with Gasteiger partial charge in [-0.05, 0) is 56.3 Å². The van der Waals surface area contributed by atoms with Gasteiger partial charge in [0.1, 0.15) is 5.52 Å². The topological polar surface area (TPSA) is 58.4 Å². The number of amides is 1. The molecule has 0 aliphatic heterocycles. The maximum atomic E-state index is 12.3. The zero-order valence-electron chi connectivity index (χ0n) is 13.2. The van der Waals surface area contributed by atoms with Crippen molar-refractivity contribution >= 4 is 28.4 Å². The molecule has 0 saturated carbocycles. The van der Waals surface area contributed by atoms with Crippen LogP contribution in [0, 0.1) is 0 Å². The van der Waals surface area contributed by atoms with Gasteiger partial charge in [0.05, 0.1) is 0 Å².